The van der Waals surface area contributed by atoms with Crippen LogP contribution in [0.2, 0.25) is 0 Å². The summed E-state index contributed by atoms with van der Waals surface area (Å²) in [6, 6.07) is 20.1. The van der Waals surface area contributed by atoms with Crippen LogP contribution in [0.1, 0.15) is 39.6 Å². The number of para-hydroxylation sites is 1. The smallest absolute Gasteiger partial charge is 0.255 e. The maximum absolute atomic E-state index is 13.4. The van der Waals surface area contributed by atoms with E-state index in [0.29, 0.717) is 29.9 Å². The number of aliphatic hydroxyl groups is 1. The van der Waals surface area contributed by atoms with Crippen molar-refractivity contribution >= 4 is 22.7 Å². The fourth-order valence-electron chi connectivity index (χ4n) is 4.17. The Morgan fingerprint density at radius 2 is 1.75 bits per heavy atom. The second-order valence-corrected chi connectivity index (χ2v) is 8.63. The first kappa shape index (κ1) is 25.0. The van der Waals surface area contributed by atoms with Crippen molar-refractivity contribution in [1.29, 1.82) is 0 Å². The predicted molar refractivity (Wildman–Crippen MR) is 141 cm³/mol. The average Bonchev–Trinajstić information content (AvgIpc) is 3.33. The van der Waals surface area contributed by atoms with E-state index in [-0.39, 0.29) is 18.4 Å². The number of benzene rings is 3. The Balaban J connectivity index is 1.58. The van der Waals surface area contributed by atoms with Crippen LogP contribution in [0.3, 0.4) is 0 Å². The highest BCUT2D eigenvalue weighted by Gasteiger charge is 2.20. The standard InChI is InChI=1S/C29H31N3O4/c1-3-14-36-27-13-12-21(19-8-10-20(11-9-19)28(34)30-2)16-25(27)29(35)32-23(18-33)15-22-17-31-26-7-5-4-6-24(22)26/h4-13,16-17,23,31,33H,3,14-15,18H2,1-2H3,(H,30,34)(H,32,35)/t23-/m1/s1. The van der Waals surface area contributed by atoms with Crippen LogP contribution in [-0.2, 0) is 6.42 Å². The Morgan fingerprint density at radius 3 is 2.47 bits per heavy atom. The van der Waals surface area contributed by atoms with Crippen molar-refractivity contribution in [3.63, 3.8) is 0 Å². The summed E-state index contributed by atoms with van der Waals surface area (Å²) in [4.78, 5) is 28.5. The lowest BCUT2D eigenvalue weighted by molar-refractivity contribution is 0.0911. The molecule has 4 rings (SSSR count). The van der Waals surface area contributed by atoms with Gasteiger partial charge in [-0.1, -0.05) is 43.3 Å². The predicted octanol–water partition coefficient (Wildman–Crippen LogP) is 4.32. The molecule has 4 N–H and O–H groups in total. The molecule has 0 spiro atoms. The van der Waals surface area contributed by atoms with E-state index < -0.39 is 6.04 Å². The van der Waals surface area contributed by atoms with Crippen LogP contribution < -0.4 is 15.4 Å². The highest BCUT2D eigenvalue weighted by molar-refractivity contribution is 5.99. The third-order valence-corrected chi connectivity index (χ3v) is 6.09. The number of aliphatic hydroxyl groups excluding tert-OH is 1. The first-order valence-electron chi connectivity index (χ1n) is 12.1. The third kappa shape index (κ3) is 5.58. The number of aromatic nitrogens is 1. The summed E-state index contributed by atoms with van der Waals surface area (Å²) < 4.78 is 5.86. The van der Waals surface area contributed by atoms with Crippen LogP contribution >= 0.6 is 0 Å². The maximum Gasteiger partial charge on any atom is 0.255 e. The number of amides is 2. The van der Waals surface area contributed by atoms with Gasteiger partial charge in [-0.05, 0) is 59.9 Å². The van der Waals surface area contributed by atoms with Gasteiger partial charge in [-0.15, -0.1) is 0 Å². The second kappa shape index (κ2) is 11.6. The Bertz CT molecular complexity index is 1340. The quantitative estimate of drug-likeness (QED) is 0.269. The molecule has 1 atom stereocenters. The summed E-state index contributed by atoms with van der Waals surface area (Å²) in [7, 11) is 1.59. The number of fused-ring (bicyclic) bond motifs is 1. The van der Waals surface area contributed by atoms with Crippen LogP contribution in [0.4, 0.5) is 0 Å². The molecular weight excluding hydrogens is 454 g/mol. The molecule has 2 amide bonds. The van der Waals surface area contributed by atoms with Crippen molar-refractivity contribution < 1.29 is 19.4 Å². The minimum atomic E-state index is -0.466. The Hall–Kier alpha value is -4.10. The van der Waals surface area contributed by atoms with Gasteiger partial charge >= 0.3 is 0 Å². The van der Waals surface area contributed by atoms with Crippen molar-refractivity contribution in [2.24, 2.45) is 0 Å². The van der Waals surface area contributed by atoms with Crippen molar-refractivity contribution in [3.05, 3.63) is 89.6 Å². The number of aromatic amines is 1. The van der Waals surface area contributed by atoms with Crippen LogP contribution in [0, 0.1) is 0 Å². The Morgan fingerprint density at radius 1 is 1.00 bits per heavy atom. The molecule has 1 heterocycles. The van der Waals surface area contributed by atoms with Gasteiger partial charge in [-0.3, -0.25) is 9.59 Å². The zero-order valence-corrected chi connectivity index (χ0v) is 20.5. The topological polar surface area (TPSA) is 103 Å². The lowest BCUT2D eigenvalue weighted by Gasteiger charge is -2.18. The molecule has 0 radical (unpaired) electrons. The molecule has 7 nitrogen and oxygen atoms in total. The van der Waals surface area contributed by atoms with Gasteiger partial charge in [0.2, 0.25) is 0 Å². The van der Waals surface area contributed by atoms with E-state index in [9.17, 15) is 14.7 Å². The number of H-pyrrole nitrogens is 1. The van der Waals surface area contributed by atoms with E-state index in [1.807, 2.05) is 55.6 Å². The van der Waals surface area contributed by atoms with Gasteiger partial charge in [0, 0.05) is 29.7 Å². The van der Waals surface area contributed by atoms with Gasteiger partial charge in [-0.2, -0.15) is 0 Å². The van der Waals surface area contributed by atoms with Crippen LogP contribution in [0.5, 0.6) is 5.75 Å². The molecule has 0 aliphatic rings. The van der Waals surface area contributed by atoms with Crippen LogP contribution in [0.15, 0.2) is 72.9 Å². The van der Waals surface area contributed by atoms with Crippen molar-refractivity contribution in [2.45, 2.75) is 25.8 Å². The van der Waals surface area contributed by atoms with Crippen molar-refractivity contribution in [3.8, 4) is 16.9 Å². The summed E-state index contributed by atoms with van der Waals surface area (Å²) >= 11 is 0. The third-order valence-electron chi connectivity index (χ3n) is 6.09. The minimum Gasteiger partial charge on any atom is -0.493 e. The number of carbonyl (C=O) groups excluding carboxylic acids is 2. The molecule has 36 heavy (non-hydrogen) atoms. The molecule has 0 aliphatic carbocycles. The van der Waals surface area contributed by atoms with Gasteiger partial charge in [-0.25, -0.2) is 0 Å². The van der Waals surface area contributed by atoms with E-state index in [2.05, 4.69) is 15.6 Å². The second-order valence-electron chi connectivity index (χ2n) is 8.63. The molecule has 186 valence electrons. The normalized spacial score (nSPS) is 11.8. The molecule has 0 fully saturated rings. The van der Waals surface area contributed by atoms with E-state index in [1.54, 1.807) is 31.3 Å². The summed E-state index contributed by atoms with van der Waals surface area (Å²) in [5.41, 5.74) is 4.69. The molecule has 0 saturated carbocycles. The van der Waals surface area contributed by atoms with Gasteiger partial charge in [0.1, 0.15) is 5.75 Å². The largest absolute Gasteiger partial charge is 0.493 e. The molecule has 0 bridgehead atoms. The number of hydrogen-bond donors (Lipinski definition) is 4. The first-order valence-corrected chi connectivity index (χ1v) is 12.1. The summed E-state index contributed by atoms with van der Waals surface area (Å²) in [6.07, 6.45) is 3.21. The van der Waals surface area contributed by atoms with E-state index >= 15 is 0 Å². The monoisotopic (exact) mass is 485 g/mol. The van der Waals surface area contributed by atoms with E-state index in [0.717, 1.165) is 34.0 Å². The van der Waals surface area contributed by atoms with Crippen molar-refractivity contribution in [2.75, 3.05) is 20.3 Å². The fraction of sp³-hybridized carbons (Fsp3) is 0.241. The molecule has 1 aromatic heterocycles. The van der Waals surface area contributed by atoms with Gasteiger partial charge in [0.15, 0.2) is 0 Å². The minimum absolute atomic E-state index is 0.157. The van der Waals surface area contributed by atoms with E-state index in [4.69, 9.17) is 4.74 Å². The summed E-state index contributed by atoms with van der Waals surface area (Å²) in [5.74, 6) is 0.0165. The molecule has 0 aliphatic heterocycles. The van der Waals surface area contributed by atoms with E-state index in [1.165, 1.54) is 0 Å². The lowest BCUT2D eigenvalue weighted by atomic mass is 10.00. The number of rotatable bonds is 10. The SMILES string of the molecule is CCCOc1ccc(-c2ccc(C(=O)NC)cc2)cc1C(=O)N[C@@H](CO)Cc1c[nH]c2ccccc12. The summed E-state index contributed by atoms with van der Waals surface area (Å²) in [5, 5.41) is 16.7. The molecular formula is C29H31N3O4. The Kier molecular flexibility index (Phi) is 8.02. The zero-order chi connectivity index (χ0) is 25.5. The average molecular weight is 486 g/mol. The van der Waals surface area contributed by atoms with Crippen molar-refractivity contribution in [1.82, 2.24) is 15.6 Å². The highest BCUT2D eigenvalue weighted by atomic mass is 16.5. The van der Waals surface area contributed by atoms with Gasteiger partial charge in [0.25, 0.3) is 11.8 Å². The summed E-state index contributed by atoms with van der Waals surface area (Å²) in [6.45, 7) is 2.29. The number of hydrogen-bond acceptors (Lipinski definition) is 4. The molecule has 4 aromatic rings. The highest BCUT2D eigenvalue weighted by Crippen LogP contribution is 2.28. The van der Waals surface area contributed by atoms with Crippen LogP contribution in [-0.4, -0.2) is 48.2 Å². The molecule has 0 unspecified atom stereocenters. The number of carbonyl (C=O) groups is 2. The number of ether oxygens (including phenoxy) is 1. The van der Waals surface area contributed by atoms with Gasteiger partial charge < -0.3 is 25.5 Å². The number of nitrogens with one attached hydrogen (secondary N) is 3. The molecule has 7 heteroatoms. The first-order chi connectivity index (χ1) is 17.5. The lowest BCUT2D eigenvalue weighted by Crippen LogP contribution is -2.39. The molecule has 3 aromatic carbocycles. The zero-order valence-electron chi connectivity index (χ0n) is 20.5. The van der Waals surface area contributed by atoms with Gasteiger partial charge in [0.05, 0.1) is 24.8 Å². The maximum atomic E-state index is 13.4. The Labute approximate surface area is 210 Å². The van der Waals surface area contributed by atoms with Crippen LogP contribution in [0.25, 0.3) is 22.0 Å². The fourth-order valence-corrected chi connectivity index (χ4v) is 4.17. The molecule has 0 saturated heterocycles.